The van der Waals surface area contributed by atoms with Crippen molar-refractivity contribution in [3.8, 4) is 0 Å². The molecule has 0 aromatic heterocycles. The van der Waals surface area contributed by atoms with E-state index in [4.69, 9.17) is 5.73 Å². The van der Waals surface area contributed by atoms with Crippen LogP contribution in [0.4, 0.5) is 15.8 Å². The van der Waals surface area contributed by atoms with Gasteiger partial charge < -0.3 is 16.0 Å². The molecule has 0 spiro atoms. The van der Waals surface area contributed by atoms with Crippen molar-refractivity contribution in [2.24, 2.45) is 0 Å². The monoisotopic (exact) mass is 223 g/mol. The summed E-state index contributed by atoms with van der Waals surface area (Å²) in [5.41, 5.74) is 7.12. The predicted octanol–water partition coefficient (Wildman–Crippen LogP) is 1.91. The van der Waals surface area contributed by atoms with E-state index in [0.29, 0.717) is 11.7 Å². The smallest absolute Gasteiger partial charge is 0.125 e. The Hall–Kier alpha value is -1.29. The highest BCUT2D eigenvalue weighted by atomic mass is 19.1. The van der Waals surface area contributed by atoms with Gasteiger partial charge in [0, 0.05) is 6.04 Å². The number of nitrogens with zero attached hydrogens (tertiary/aromatic N) is 1. The zero-order chi connectivity index (χ0) is 11.5. The molecule has 3 nitrogen and oxygen atoms in total. The van der Waals surface area contributed by atoms with Crippen molar-refractivity contribution in [2.75, 3.05) is 31.2 Å². The third kappa shape index (κ3) is 2.64. The molecular formula is C12H18FN3. The third-order valence-electron chi connectivity index (χ3n) is 3.09. The molecule has 1 fully saturated rings. The number of hydrogen-bond donors (Lipinski definition) is 2. The van der Waals surface area contributed by atoms with Crippen LogP contribution < -0.4 is 11.1 Å². The van der Waals surface area contributed by atoms with Gasteiger partial charge in [-0.1, -0.05) is 0 Å². The van der Waals surface area contributed by atoms with Gasteiger partial charge in [-0.05, 0) is 51.2 Å². The van der Waals surface area contributed by atoms with Gasteiger partial charge in [0.2, 0.25) is 0 Å². The molecule has 0 atom stereocenters. The van der Waals surface area contributed by atoms with Crippen LogP contribution in [-0.4, -0.2) is 31.1 Å². The number of likely N-dealkylation sites (tertiary alicyclic amines) is 1. The number of rotatable bonds is 2. The lowest BCUT2D eigenvalue weighted by molar-refractivity contribution is 0.264. The van der Waals surface area contributed by atoms with E-state index >= 15 is 0 Å². The molecule has 4 heteroatoms. The van der Waals surface area contributed by atoms with Gasteiger partial charge in [0.05, 0.1) is 11.4 Å². The first-order valence-electron chi connectivity index (χ1n) is 5.65. The summed E-state index contributed by atoms with van der Waals surface area (Å²) in [6, 6.07) is 4.86. The topological polar surface area (TPSA) is 41.3 Å². The first-order chi connectivity index (χ1) is 7.65. The van der Waals surface area contributed by atoms with Gasteiger partial charge >= 0.3 is 0 Å². The largest absolute Gasteiger partial charge is 0.397 e. The zero-order valence-electron chi connectivity index (χ0n) is 9.54. The second-order valence-corrected chi connectivity index (χ2v) is 4.45. The average molecular weight is 223 g/mol. The summed E-state index contributed by atoms with van der Waals surface area (Å²) < 4.78 is 13.1. The molecule has 3 N–H and O–H groups in total. The van der Waals surface area contributed by atoms with Crippen LogP contribution in [0.3, 0.4) is 0 Å². The minimum absolute atomic E-state index is 0.246. The molecular weight excluding hydrogens is 205 g/mol. The molecule has 0 aliphatic carbocycles. The number of anilines is 2. The molecule has 2 rings (SSSR count). The Labute approximate surface area is 95.4 Å². The van der Waals surface area contributed by atoms with Gasteiger partial charge in [-0.15, -0.1) is 0 Å². The number of nitrogens with two attached hydrogens (primary N) is 1. The Kier molecular flexibility index (Phi) is 3.29. The summed E-state index contributed by atoms with van der Waals surface area (Å²) in [6.45, 7) is 2.15. The lowest BCUT2D eigenvalue weighted by Gasteiger charge is -2.30. The third-order valence-corrected chi connectivity index (χ3v) is 3.09. The molecule has 88 valence electrons. The molecule has 1 saturated heterocycles. The fraction of sp³-hybridized carbons (Fsp3) is 0.500. The maximum Gasteiger partial charge on any atom is 0.125 e. The normalized spacial score (nSPS) is 18.6. The summed E-state index contributed by atoms with van der Waals surface area (Å²) in [7, 11) is 2.12. The second kappa shape index (κ2) is 4.70. The molecule has 0 unspecified atom stereocenters. The van der Waals surface area contributed by atoms with Crippen molar-refractivity contribution in [3.05, 3.63) is 24.0 Å². The van der Waals surface area contributed by atoms with E-state index in [1.54, 1.807) is 6.07 Å². The quantitative estimate of drug-likeness (QED) is 0.753. The van der Waals surface area contributed by atoms with Crippen molar-refractivity contribution < 1.29 is 4.39 Å². The van der Waals surface area contributed by atoms with Gasteiger partial charge in [0.1, 0.15) is 5.82 Å². The molecule has 0 radical (unpaired) electrons. The SMILES string of the molecule is CN1CCC(Nc2cc(F)ccc2N)CC1. The maximum absolute atomic E-state index is 13.1. The number of hydrogen-bond acceptors (Lipinski definition) is 3. The standard InChI is InChI=1S/C12H18FN3/c1-16-6-4-10(5-7-16)15-12-8-9(13)2-3-11(12)14/h2-3,8,10,15H,4-7,14H2,1H3. The Bertz CT molecular complexity index is 359. The molecule has 1 aromatic rings. The van der Waals surface area contributed by atoms with Gasteiger partial charge in [0.15, 0.2) is 0 Å². The van der Waals surface area contributed by atoms with E-state index in [0.717, 1.165) is 31.6 Å². The fourth-order valence-electron chi connectivity index (χ4n) is 2.03. The predicted molar refractivity (Wildman–Crippen MR) is 65.0 cm³/mol. The van der Waals surface area contributed by atoms with Gasteiger partial charge in [-0.3, -0.25) is 0 Å². The number of piperidine rings is 1. The summed E-state index contributed by atoms with van der Waals surface area (Å²) in [4.78, 5) is 2.30. The number of halogens is 1. The van der Waals surface area contributed by atoms with Crippen molar-refractivity contribution in [3.63, 3.8) is 0 Å². The zero-order valence-corrected chi connectivity index (χ0v) is 9.54. The van der Waals surface area contributed by atoms with E-state index < -0.39 is 0 Å². The summed E-state index contributed by atoms with van der Waals surface area (Å²) >= 11 is 0. The molecule has 0 saturated carbocycles. The number of nitrogen functional groups attached to an aromatic ring is 1. The van der Waals surface area contributed by atoms with Crippen LogP contribution >= 0.6 is 0 Å². The number of nitrogens with one attached hydrogen (secondary N) is 1. The molecule has 0 amide bonds. The highest BCUT2D eigenvalue weighted by Crippen LogP contribution is 2.22. The van der Waals surface area contributed by atoms with E-state index in [1.807, 2.05) is 0 Å². The average Bonchev–Trinajstić information content (AvgIpc) is 2.27. The van der Waals surface area contributed by atoms with Gasteiger partial charge in [0.25, 0.3) is 0 Å². The first-order valence-corrected chi connectivity index (χ1v) is 5.65. The Morgan fingerprint density at radius 3 is 2.75 bits per heavy atom. The van der Waals surface area contributed by atoms with Crippen LogP contribution in [0, 0.1) is 5.82 Å². The molecule has 1 aliphatic heterocycles. The van der Waals surface area contributed by atoms with Gasteiger partial charge in [-0.25, -0.2) is 4.39 Å². The van der Waals surface area contributed by atoms with Crippen molar-refractivity contribution in [2.45, 2.75) is 18.9 Å². The van der Waals surface area contributed by atoms with E-state index in [2.05, 4.69) is 17.3 Å². The van der Waals surface area contributed by atoms with Crippen LogP contribution in [0.25, 0.3) is 0 Å². The molecule has 0 bridgehead atoms. The summed E-state index contributed by atoms with van der Waals surface area (Å²) in [5.74, 6) is -0.246. The van der Waals surface area contributed by atoms with Crippen molar-refractivity contribution >= 4 is 11.4 Å². The van der Waals surface area contributed by atoms with Crippen LogP contribution in [0.2, 0.25) is 0 Å². The van der Waals surface area contributed by atoms with Crippen molar-refractivity contribution in [1.82, 2.24) is 4.90 Å². The first kappa shape index (κ1) is 11.2. The molecule has 16 heavy (non-hydrogen) atoms. The highest BCUT2D eigenvalue weighted by Gasteiger charge is 2.17. The van der Waals surface area contributed by atoms with Crippen LogP contribution in [-0.2, 0) is 0 Å². The van der Waals surface area contributed by atoms with Crippen LogP contribution in [0.1, 0.15) is 12.8 Å². The lowest BCUT2D eigenvalue weighted by Crippen LogP contribution is -2.36. The molecule has 1 aromatic carbocycles. The Balaban J connectivity index is 2.00. The Morgan fingerprint density at radius 1 is 1.38 bits per heavy atom. The van der Waals surface area contributed by atoms with Crippen LogP contribution in [0.5, 0.6) is 0 Å². The fourth-order valence-corrected chi connectivity index (χ4v) is 2.03. The van der Waals surface area contributed by atoms with E-state index in [9.17, 15) is 4.39 Å². The lowest BCUT2D eigenvalue weighted by atomic mass is 10.0. The van der Waals surface area contributed by atoms with Crippen LogP contribution in [0.15, 0.2) is 18.2 Å². The van der Waals surface area contributed by atoms with E-state index in [1.165, 1.54) is 12.1 Å². The summed E-state index contributed by atoms with van der Waals surface area (Å²) in [5, 5.41) is 3.32. The molecule has 1 heterocycles. The number of benzene rings is 1. The molecule has 1 aliphatic rings. The minimum Gasteiger partial charge on any atom is -0.397 e. The Morgan fingerprint density at radius 2 is 2.06 bits per heavy atom. The van der Waals surface area contributed by atoms with Gasteiger partial charge in [-0.2, -0.15) is 0 Å². The van der Waals surface area contributed by atoms with Crippen molar-refractivity contribution in [1.29, 1.82) is 0 Å². The summed E-state index contributed by atoms with van der Waals surface area (Å²) in [6.07, 6.45) is 2.15. The second-order valence-electron chi connectivity index (χ2n) is 4.45. The maximum atomic E-state index is 13.1. The highest BCUT2D eigenvalue weighted by molar-refractivity contribution is 5.66. The van der Waals surface area contributed by atoms with E-state index in [-0.39, 0.29) is 5.82 Å². The minimum atomic E-state index is -0.246.